The molecule has 1 aliphatic rings. The fourth-order valence-electron chi connectivity index (χ4n) is 4.49. The van der Waals surface area contributed by atoms with Crippen LogP contribution in [-0.4, -0.2) is 36.3 Å². The fraction of sp³-hybridized carbons (Fsp3) is 0.269. The molecule has 1 N–H and O–H groups in total. The second kappa shape index (κ2) is 8.79. The fourth-order valence-corrected chi connectivity index (χ4v) is 4.49. The molecule has 0 amide bonds. The van der Waals surface area contributed by atoms with Crippen LogP contribution < -0.4 is 5.32 Å². The van der Waals surface area contributed by atoms with Crippen molar-refractivity contribution >= 4 is 27.9 Å². The highest BCUT2D eigenvalue weighted by atomic mass is 16.5. The van der Waals surface area contributed by atoms with Crippen molar-refractivity contribution in [3.63, 3.8) is 0 Å². The normalized spacial score (nSPS) is 17.1. The molecule has 1 fully saturated rings. The zero-order valence-electron chi connectivity index (χ0n) is 18.9. The molecule has 5 aromatic rings. The molecular formula is C26H25N7O. The standard InChI is InChI=1S/C26H25N7O/c1-17(18-7-3-2-4-8-18)31-23-15-27-22-13-19(10-11-21(22)32-23)25-20-14-30-33(26(20)29-16-28-25)24-9-5-6-12-34-24/h2-4,7-8,10-11,13-17,24H,5-6,9,12H2,1H3,(H,31,32)/t17-,24?/m0/s1. The van der Waals surface area contributed by atoms with Crippen molar-refractivity contribution < 1.29 is 4.74 Å². The van der Waals surface area contributed by atoms with Gasteiger partial charge in [-0.15, -0.1) is 0 Å². The van der Waals surface area contributed by atoms with E-state index in [0.29, 0.717) is 0 Å². The Morgan fingerprint density at radius 2 is 1.91 bits per heavy atom. The van der Waals surface area contributed by atoms with Gasteiger partial charge >= 0.3 is 0 Å². The zero-order chi connectivity index (χ0) is 22.9. The van der Waals surface area contributed by atoms with E-state index in [1.807, 2.05) is 47.3 Å². The maximum atomic E-state index is 5.92. The van der Waals surface area contributed by atoms with Crippen LogP contribution in [0.2, 0.25) is 0 Å². The van der Waals surface area contributed by atoms with Crippen molar-refractivity contribution in [2.75, 3.05) is 11.9 Å². The lowest BCUT2D eigenvalue weighted by molar-refractivity contribution is -0.0370. The summed E-state index contributed by atoms with van der Waals surface area (Å²) in [6, 6.07) is 16.5. The van der Waals surface area contributed by atoms with Gasteiger partial charge in [0.1, 0.15) is 12.1 Å². The molecule has 2 aromatic carbocycles. The first kappa shape index (κ1) is 20.7. The minimum absolute atomic E-state index is 0.0688. The Morgan fingerprint density at radius 1 is 1.00 bits per heavy atom. The van der Waals surface area contributed by atoms with Crippen LogP contribution in [0.1, 0.15) is 44.0 Å². The van der Waals surface area contributed by atoms with Crippen LogP contribution >= 0.6 is 0 Å². The van der Waals surface area contributed by atoms with E-state index >= 15 is 0 Å². The number of hydrogen-bond acceptors (Lipinski definition) is 7. The molecule has 0 radical (unpaired) electrons. The van der Waals surface area contributed by atoms with Crippen LogP contribution in [0, 0.1) is 0 Å². The highest BCUT2D eigenvalue weighted by molar-refractivity contribution is 5.92. The van der Waals surface area contributed by atoms with Gasteiger partial charge in [-0.25, -0.2) is 19.6 Å². The van der Waals surface area contributed by atoms with Crippen molar-refractivity contribution in [2.45, 2.75) is 38.5 Å². The van der Waals surface area contributed by atoms with Gasteiger partial charge in [-0.1, -0.05) is 36.4 Å². The third kappa shape index (κ3) is 3.86. The average molecular weight is 452 g/mol. The van der Waals surface area contributed by atoms with Crippen LogP contribution in [0.25, 0.3) is 33.3 Å². The maximum absolute atomic E-state index is 5.92. The molecule has 1 unspecified atom stereocenters. The summed E-state index contributed by atoms with van der Waals surface area (Å²) in [5.41, 5.74) is 5.41. The van der Waals surface area contributed by atoms with Crippen molar-refractivity contribution in [2.24, 2.45) is 0 Å². The molecule has 1 aliphatic heterocycles. The minimum atomic E-state index is -0.0688. The van der Waals surface area contributed by atoms with Gasteiger partial charge in [0.2, 0.25) is 0 Å². The van der Waals surface area contributed by atoms with E-state index < -0.39 is 0 Å². The smallest absolute Gasteiger partial charge is 0.164 e. The molecule has 0 saturated carbocycles. The summed E-state index contributed by atoms with van der Waals surface area (Å²) in [6.45, 7) is 2.87. The number of rotatable bonds is 5. The Hall–Kier alpha value is -3.91. The van der Waals surface area contributed by atoms with E-state index in [-0.39, 0.29) is 12.3 Å². The van der Waals surface area contributed by atoms with Crippen molar-refractivity contribution in [1.82, 2.24) is 29.7 Å². The van der Waals surface area contributed by atoms with Crippen molar-refractivity contribution in [3.8, 4) is 11.3 Å². The van der Waals surface area contributed by atoms with Crippen LogP contribution in [0.15, 0.2) is 67.3 Å². The molecule has 8 heteroatoms. The molecule has 3 aromatic heterocycles. The number of ether oxygens (including phenoxy) is 1. The highest BCUT2D eigenvalue weighted by Gasteiger charge is 2.21. The summed E-state index contributed by atoms with van der Waals surface area (Å²) in [5, 5.41) is 8.92. The van der Waals surface area contributed by atoms with Crippen LogP contribution in [0.3, 0.4) is 0 Å². The summed E-state index contributed by atoms with van der Waals surface area (Å²) in [5.74, 6) is 0.745. The number of fused-ring (bicyclic) bond motifs is 2. The van der Waals surface area contributed by atoms with Gasteiger partial charge in [0, 0.05) is 18.2 Å². The van der Waals surface area contributed by atoms with Crippen LogP contribution in [-0.2, 0) is 4.74 Å². The van der Waals surface area contributed by atoms with E-state index in [2.05, 4.69) is 44.4 Å². The number of benzene rings is 2. The molecule has 4 heterocycles. The van der Waals surface area contributed by atoms with E-state index in [0.717, 1.165) is 65.0 Å². The van der Waals surface area contributed by atoms with Crippen molar-refractivity contribution in [3.05, 3.63) is 72.8 Å². The van der Waals surface area contributed by atoms with Crippen molar-refractivity contribution in [1.29, 1.82) is 0 Å². The van der Waals surface area contributed by atoms with E-state index in [1.54, 1.807) is 12.5 Å². The first-order valence-corrected chi connectivity index (χ1v) is 11.6. The molecule has 170 valence electrons. The third-order valence-corrected chi connectivity index (χ3v) is 6.30. The monoisotopic (exact) mass is 451 g/mol. The SMILES string of the molecule is C[C@H](Nc1cnc2cc(-c3ncnc4c3cnn4C3CCCCO3)ccc2n1)c1ccccc1. The minimum Gasteiger partial charge on any atom is -0.362 e. The van der Waals surface area contributed by atoms with Gasteiger partial charge < -0.3 is 10.1 Å². The maximum Gasteiger partial charge on any atom is 0.164 e. The second-order valence-corrected chi connectivity index (χ2v) is 8.61. The summed E-state index contributed by atoms with van der Waals surface area (Å²) in [7, 11) is 0. The molecule has 1 saturated heterocycles. The molecule has 6 rings (SSSR count). The van der Waals surface area contributed by atoms with Gasteiger partial charge in [-0.3, -0.25) is 4.98 Å². The van der Waals surface area contributed by atoms with E-state index in [1.165, 1.54) is 5.56 Å². The van der Waals surface area contributed by atoms with E-state index in [9.17, 15) is 0 Å². The number of nitrogens with one attached hydrogen (secondary N) is 1. The largest absolute Gasteiger partial charge is 0.362 e. The van der Waals surface area contributed by atoms with Gasteiger partial charge in [0.05, 0.1) is 34.5 Å². The predicted molar refractivity (Wildman–Crippen MR) is 131 cm³/mol. The summed E-state index contributed by atoms with van der Waals surface area (Å²) < 4.78 is 7.80. The molecular weight excluding hydrogens is 426 g/mol. The molecule has 8 nitrogen and oxygen atoms in total. The van der Waals surface area contributed by atoms with Gasteiger partial charge in [0.25, 0.3) is 0 Å². The lowest BCUT2D eigenvalue weighted by Gasteiger charge is -2.22. The number of anilines is 1. The number of aromatic nitrogens is 6. The Labute approximate surface area is 197 Å². The van der Waals surface area contributed by atoms with Crippen LogP contribution in [0.4, 0.5) is 5.82 Å². The van der Waals surface area contributed by atoms with Gasteiger partial charge in [0.15, 0.2) is 11.9 Å². The Morgan fingerprint density at radius 3 is 2.76 bits per heavy atom. The Kier molecular flexibility index (Phi) is 5.35. The quantitative estimate of drug-likeness (QED) is 0.387. The lowest BCUT2D eigenvalue weighted by atomic mass is 10.1. The second-order valence-electron chi connectivity index (χ2n) is 8.61. The Bertz CT molecular complexity index is 1440. The van der Waals surface area contributed by atoms with Crippen LogP contribution in [0.5, 0.6) is 0 Å². The van der Waals surface area contributed by atoms with Gasteiger partial charge in [-0.2, -0.15) is 5.10 Å². The molecule has 0 bridgehead atoms. The first-order valence-electron chi connectivity index (χ1n) is 11.6. The zero-order valence-corrected chi connectivity index (χ0v) is 18.9. The summed E-state index contributed by atoms with van der Waals surface area (Å²) in [6.07, 6.45) is 8.30. The Balaban J connectivity index is 1.30. The lowest BCUT2D eigenvalue weighted by Crippen LogP contribution is -2.19. The predicted octanol–water partition coefficient (Wildman–Crippen LogP) is 5.31. The van der Waals surface area contributed by atoms with Gasteiger partial charge in [-0.05, 0) is 43.9 Å². The first-order chi connectivity index (χ1) is 16.8. The topological polar surface area (TPSA) is 90.6 Å². The van der Waals surface area contributed by atoms with E-state index in [4.69, 9.17) is 9.72 Å². The third-order valence-electron chi connectivity index (χ3n) is 6.30. The number of nitrogens with zero attached hydrogens (tertiary/aromatic N) is 6. The average Bonchev–Trinajstić information content (AvgIpc) is 3.34. The summed E-state index contributed by atoms with van der Waals surface area (Å²) >= 11 is 0. The summed E-state index contributed by atoms with van der Waals surface area (Å²) in [4.78, 5) is 18.5. The number of hydrogen-bond donors (Lipinski definition) is 1. The highest BCUT2D eigenvalue weighted by Crippen LogP contribution is 2.31. The molecule has 34 heavy (non-hydrogen) atoms. The molecule has 2 atom stereocenters. The molecule has 0 aliphatic carbocycles. The molecule has 0 spiro atoms.